The first-order valence-corrected chi connectivity index (χ1v) is 10.1. The van der Waals surface area contributed by atoms with E-state index in [1.54, 1.807) is 31.3 Å². The van der Waals surface area contributed by atoms with Crippen LogP contribution >= 0.6 is 24.0 Å². The lowest BCUT2D eigenvalue weighted by Crippen LogP contribution is -2.43. The largest absolute Gasteiger partial charge is 0.355 e. The zero-order chi connectivity index (χ0) is 18.6. The summed E-state index contributed by atoms with van der Waals surface area (Å²) >= 11 is 0. The molecule has 0 amide bonds. The Balaban J connectivity index is 0.00000261. The van der Waals surface area contributed by atoms with Crippen LogP contribution in [0.2, 0.25) is 0 Å². The molecule has 0 saturated heterocycles. The van der Waals surface area contributed by atoms with Crippen LogP contribution < -0.4 is 14.9 Å². The van der Waals surface area contributed by atoms with Gasteiger partial charge < -0.3 is 10.2 Å². The van der Waals surface area contributed by atoms with Crippen molar-refractivity contribution in [2.45, 2.75) is 18.2 Å². The Hall–Kier alpha value is -1.65. The highest BCUT2D eigenvalue weighted by Gasteiger charge is 2.22. The van der Waals surface area contributed by atoms with E-state index in [9.17, 15) is 8.42 Å². The molecule has 0 bridgehead atoms. The lowest BCUT2D eigenvalue weighted by molar-refractivity contribution is 0.580. The Morgan fingerprint density at radius 3 is 2.52 bits per heavy atom. The number of nitrogens with zero attached hydrogens (tertiary/aromatic N) is 2. The SMILES string of the molecule is CN=C(NCCNS(=O)(=O)c1ccc(C)cc1)N1CCc2ccccc21.I. The summed E-state index contributed by atoms with van der Waals surface area (Å²) in [7, 11) is -1.76. The predicted octanol–water partition coefficient (Wildman–Crippen LogP) is 2.53. The average Bonchev–Trinajstić information content (AvgIpc) is 3.06. The molecular weight excluding hydrogens is 475 g/mol. The van der Waals surface area contributed by atoms with Crippen LogP contribution in [0, 0.1) is 6.92 Å². The molecule has 0 radical (unpaired) electrons. The van der Waals surface area contributed by atoms with Gasteiger partial charge in [-0.05, 0) is 37.1 Å². The fraction of sp³-hybridized carbons (Fsp3) is 0.316. The summed E-state index contributed by atoms with van der Waals surface area (Å²) in [6.07, 6.45) is 0.983. The minimum atomic E-state index is -3.49. The Morgan fingerprint density at radius 2 is 1.81 bits per heavy atom. The number of para-hydroxylation sites is 1. The van der Waals surface area contributed by atoms with Gasteiger partial charge in [0.15, 0.2) is 5.96 Å². The standard InChI is InChI=1S/C19H24N4O2S.HI/c1-15-7-9-17(10-8-15)26(24,25)22-13-12-21-19(20-2)23-14-11-16-5-3-4-6-18(16)23;/h3-10,22H,11-14H2,1-2H3,(H,20,21);1H. The van der Waals surface area contributed by atoms with Gasteiger partial charge in [-0.25, -0.2) is 13.1 Å². The van der Waals surface area contributed by atoms with Gasteiger partial charge in [0.2, 0.25) is 10.0 Å². The van der Waals surface area contributed by atoms with E-state index in [4.69, 9.17) is 0 Å². The van der Waals surface area contributed by atoms with Crippen LogP contribution in [0.25, 0.3) is 0 Å². The molecule has 0 aliphatic carbocycles. The topological polar surface area (TPSA) is 73.8 Å². The molecule has 27 heavy (non-hydrogen) atoms. The van der Waals surface area contributed by atoms with Crippen LogP contribution in [-0.2, 0) is 16.4 Å². The molecule has 1 aliphatic rings. The summed E-state index contributed by atoms with van der Waals surface area (Å²) in [5.74, 6) is 0.754. The van der Waals surface area contributed by atoms with Crippen LogP contribution in [0.15, 0.2) is 58.4 Å². The number of nitrogens with one attached hydrogen (secondary N) is 2. The molecular formula is C19H25IN4O2S. The highest BCUT2D eigenvalue weighted by Crippen LogP contribution is 2.27. The average molecular weight is 500 g/mol. The summed E-state index contributed by atoms with van der Waals surface area (Å²) in [5, 5.41) is 3.23. The minimum absolute atomic E-state index is 0. The van der Waals surface area contributed by atoms with Gasteiger partial charge in [-0.2, -0.15) is 0 Å². The number of benzene rings is 2. The van der Waals surface area contributed by atoms with Crippen molar-refractivity contribution in [1.82, 2.24) is 10.0 Å². The van der Waals surface area contributed by atoms with Crippen LogP contribution in [0.1, 0.15) is 11.1 Å². The number of guanidine groups is 1. The summed E-state index contributed by atoms with van der Waals surface area (Å²) in [6.45, 7) is 3.53. The van der Waals surface area contributed by atoms with Crippen molar-refractivity contribution in [1.29, 1.82) is 0 Å². The maximum absolute atomic E-state index is 12.3. The summed E-state index contributed by atoms with van der Waals surface area (Å²) in [5.41, 5.74) is 3.48. The Morgan fingerprint density at radius 1 is 1.11 bits per heavy atom. The number of aliphatic imine (C=N–C) groups is 1. The molecule has 0 aromatic heterocycles. The normalized spacial score (nSPS) is 13.9. The van der Waals surface area contributed by atoms with Crippen LogP contribution in [-0.4, -0.2) is 41.1 Å². The summed E-state index contributed by atoms with van der Waals surface area (Å²) in [6, 6.07) is 15.1. The zero-order valence-corrected chi connectivity index (χ0v) is 18.6. The maximum Gasteiger partial charge on any atom is 0.240 e. The molecule has 0 saturated carbocycles. The first-order valence-electron chi connectivity index (χ1n) is 8.64. The van der Waals surface area contributed by atoms with Gasteiger partial charge in [0.25, 0.3) is 0 Å². The Kier molecular flexibility index (Phi) is 7.63. The van der Waals surface area contributed by atoms with E-state index in [0.717, 1.165) is 30.2 Å². The van der Waals surface area contributed by atoms with E-state index < -0.39 is 10.0 Å². The van der Waals surface area contributed by atoms with Crippen molar-refractivity contribution in [2.75, 3.05) is 31.6 Å². The fourth-order valence-corrected chi connectivity index (χ4v) is 4.05. The number of aryl methyl sites for hydroxylation is 1. The van der Waals surface area contributed by atoms with E-state index in [1.807, 2.05) is 19.1 Å². The first kappa shape index (κ1) is 21.6. The number of hydrogen-bond acceptors (Lipinski definition) is 3. The summed E-state index contributed by atoms with van der Waals surface area (Å²) < 4.78 is 27.2. The fourth-order valence-electron chi connectivity index (χ4n) is 3.01. The molecule has 3 rings (SSSR count). The molecule has 0 fully saturated rings. The van der Waals surface area contributed by atoms with Crippen molar-refractivity contribution >= 4 is 45.6 Å². The predicted molar refractivity (Wildman–Crippen MR) is 121 cm³/mol. The number of anilines is 1. The number of hydrogen-bond donors (Lipinski definition) is 2. The van der Waals surface area contributed by atoms with Gasteiger partial charge >= 0.3 is 0 Å². The maximum atomic E-state index is 12.3. The number of halogens is 1. The van der Waals surface area contributed by atoms with Crippen molar-refractivity contribution in [3.05, 3.63) is 59.7 Å². The van der Waals surface area contributed by atoms with E-state index in [0.29, 0.717) is 6.54 Å². The van der Waals surface area contributed by atoms with Crippen molar-refractivity contribution in [3.63, 3.8) is 0 Å². The van der Waals surface area contributed by atoms with E-state index >= 15 is 0 Å². The minimum Gasteiger partial charge on any atom is -0.355 e. The molecule has 1 heterocycles. The molecule has 0 spiro atoms. The number of fused-ring (bicyclic) bond motifs is 1. The van der Waals surface area contributed by atoms with Gasteiger partial charge in [0.1, 0.15) is 0 Å². The second-order valence-electron chi connectivity index (χ2n) is 6.22. The van der Waals surface area contributed by atoms with Crippen molar-refractivity contribution in [2.24, 2.45) is 4.99 Å². The lowest BCUT2D eigenvalue weighted by Gasteiger charge is -2.22. The zero-order valence-electron chi connectivity index (χ0n) is 15.5. The van der Waals surface area contributed by atoms with Gasteiger partial charge in [-0.1, -0.05) is 35.9 Å². The quantitative estimate of drug-likeness (QED) is 0.287. The van der Waals surface area contributed by atoms with Crippen LogP contribution in [0.3, 0.4) is 0 Å². The molecule has 0 unspecified atom stereocenters. The lowest BCUT2D eigenvalue weighted by atomic mass is 10.2. The van der Waals surface area contributed by atoms with Crippen molar-refractivity contribution in [3.8, 4) is 0 Å². The molecule has 6 nitrogen and oxygen atoms in total. The molecule has 2 aromatic rings. The molecule has 1 aliphatic heterocycles. The Labute approximate surface area is 178 Å². The third-order valence-corrected chi connectivity index (χ3v) is 5.86. The van der Waals surface area contributed by atoms with Crippen molar-refractivity contribution < 1.29 is 8.42 Å². The third kappa shape index (κ3) is 5.20. The van der Waals surface area contributed by atoms with Crippen LogP contribution in [0.4, 0.5) is 5.69 Å². The number of sulfonamides is 1. The van der Waals surface area contributed by atoms with Gasteiger partial charge in [-0.15, -0.1) is 24.0 Å². The van der Waals surface area contributed by atoms with Crippen LogP contribution in [0.5, 0.6) is 0 Å². The third-order valence-electron chi connectivity index (χ3n) is 4.39. The monoisotopic (exact) mass is 500 g/mol. The molecule has 2 N–H and O–H groups in total. The van der Waals surface area contributed by atoms with E-state index in [1.165, 1.54) is 5.56 Å². The van der Waals surface area contributed by atoms with Gasteiger partial charge in [0, 0.05) is 32.4 Å². The molecule has 0 atom stereocenters. The highest BCUT2D eigenvalue weighted by atomic mass is 127. The highest BCUT2D eigenvalue weighted by molar-refractivity contribution is 14.0. The second-order valence-corrected chi connectivity index (χ2v) is 7.98. The first-order chi connectivity index (χ1) is 12.5. The second kappa shape index (κ2) is 9.52. The smallest absolute Gasteiger partial charge is 0.240 e. The van der Waals surface area contributed by atoms with E-state index in [-0.39, 0.29) is 35.4 Å². The molecule has 2 aromatic carbocycles. The summed E-state index contributed by atoms with van der Waals surface area (Å²) in [4.78, 5) is 6.73. The van der Waals surface area contributed by atoms with Gasteiger partial charge in [-0.3, -0.25) is 4.99 Å². The Bertz CT molecular complexity index is 898. The van der Waals surface area contributed by atoms with E-state index in [2.05, 4.69) is 32.1 Å². The number of rotatable bonds is 5. The molecule has 146 valence electrons. The molecule has 8 heteroatoms. The van der Waals surface area contributed by atoms with Gasteiger partial charge in [0.05, 0.1) is 4.90 Å².